The molecule has 0 unspecified atom stereocenters. The average Bonchev–Trinajstić information content (AvgIpc) is 2.22. The van der Waals surface area contributed by atoms with E-state index in [1.165, 1.54) is 4.90 Å². The number of carboxylic acids is 1. The Labute approximate surface area is 99.7 Å². The van der Waals surface area contributed by atoms with E-state index in [1.807, 2.05) is 0 Å². The number of carbonyl (C=O) groups excluding carboxylic acids is 1. The van der Waals surface area contributed by atoms with Crippen LogP contribution in [0.4, 0.5) is 5.69 Å². The fourth-order valence-corrected chi connectivity index (χ4v) is 1.83. The minimum Gasteiger partial charge on any atom is -0.482 e. The van der Waals surface area contributed by atoms with Crippen molar-refractivity contribution < 1.29 is 19.4 Å². The Morgan fingerprint density at radius 2 is 2.31 bits per heavy atom. The van der Waals surface area contributed by atoms with Crippen molar-refractivity contribution >= 4 is 33.5 Å². The molecule has 0 saturated carbocycles. The number of hydrogen-bond donors (Lipinski definition) is 1. The Morgan fingerprint density at radius 3 is 3.00 bits per heavy atom. The van der Waals surface area contributed by atoms with Crippen molar-refractivity contribution in [2.45, 2.75) is 0 Å². The molecule has 0 bridgehead atoms. The molecule has 1 amide bonds. The monoisotopic (exact) mass is 285 g/mol. The van der Waals surface area contributed by atoms with Crippen molar-refractivity contribution in [3.05, 3.63) is 22.7 Å². The summed E-state index contributed by atoms with van der Waals surface area (Å²) in [5, 5.41) is 8.73. The highest BCUT2D eigenvalue weighted by molar-refractivity contribution is 9.10. The lowest BCUT2D eigenvalue weighted by Crippen LogP contribution is -2.41. The summed E-state index contributed by atoms with van der Waals surface area (Å²) in [5.41, 5.74) is 0.480. The second-order valence-electron chi connectivity index (χ2n) is 3.27. The lowest BCUT2D eigenvalue weighted by molar-refractivity contribution is -0.137. The van der Waals surface area contributed by atoms with Crippen molar-refractivity contribution in [3.8, 4) is 5.75 Å². The summed E-state index contributed by atoms with van der Waals surface area (Å²) in [6, 6.07) is 5.13. The Morgan fingerprint density at radius 1 is 1.56 bits per heavy atom. The van der Waals surface area contributed by atoms with Crippen LogP contribution in [0, 0.1) is 0 Å². The molecule has 0 atom stereocenters. The number of anilines is 1. The molecule has 1 N–H and O–H groups in total. The van der Waals surface area contributed by atoms with Gasteiger partial charge in [0.05, 0.1) is 5.69 Å². The van der Waals surface area contributed by atoms with Gasteiger partial charge in [0.2, 0.25) is 0 Å². The molecule has 1 aliphatic heterocycles. The summed E-state index contributed by atoms with van der Waals surface area (Å²) in [6.45, 7) is -0.479. The third-order valence-corrected chi connectivity index (χ3v) is 2.65. The Balaban J connectivity index is 2.42. The fraction of sp³-hybridized carbons (Fsp3) is 0.200. The van der Waals surface area contributed by atoms with Crippen LogP contribution in [0.5, 0.6) is 5.75 Å². The van der Waals surface area contributed by atoms with Crippen LogP contribution in [-0.2, 0) is 9.59 Å². The van der Waals surface area contributed by atoms with Gasteiger partial charge in [-0.25, -0.2) is 0 Å². The summed E-state index contributed by atoms with van der Waals surface area (Å²) >= 11 is 3.26. The molecule has 0 spiro atoms. The smallest absolute Gasteiger partial charge is 0.323 e. The van der Waals surface area contributed by atoms with E-state index in [0.29, 0.717) is 11.4 Å². The first kappa shape index (κ1) is 10.9. The zero-order valence-corrected chi connectivity index (χ0v) is 9.73. The van der Waals surface area contributed by atoms with E-state index < -0.39 is 5.97 Å². The van der Waals surface area contributed by atoms with Gasteiger partial charge < -0.3 is 9.84 Å². The Bertz CT molecular complexity index is 460. The van der Waals surface area contributed by atoms with Gasteiger partial charge in [-0.15, -0.1) is 0 Å². The van der Waals surface area contributed by atoms with Crippen molar-refractivity contribution in [1.29, 1.82) is 0 Å². The molecule has 0 radical (unpaired) electrons. The first-order valence-corrected chi connectivity index (χ1v) is 5.32. The van der Waals surface area contributed by atoms with Crippen molar-refractivity contribution in [2.24, 2.45) is 0 Å². The minimum absolute atomic E-state index is 0.123. The predicted octanol–water partition coefficient (Wildman–Crippen LogP) is 1.26. The summed E-state index contributed by atoms with van der Waals surface area (Å²) in [4.78, 5) is 23.4. The van der Waals surface area contributed by atoms with Crippen LogP contribution < -0.4 is 9.64 Å². The van der Waals surface area contributed by atoms with Gasteiger partial charge in [-0.1, -0.05) is 15.9 Å². The molecule has 0 aliphatic carbocycles. The topological polar surface area (TPSA) is 66.8 Å². The van der Waals surface area contributed by atoms with Crippen LogP contribution in [0.25, 0.3) is 0 Å². The second kappa shape index (κ2) is 4.13. The number of ether oxygens (including phenoxy) is 1. The molecule has 84 valence electrons. The highest BCUT2D eigenvalue weighted by atomic mass is 79.9. The molecular formula is C10H8BrNO4. The van der Waals surface area contributed by atoms with Crippen LogP contribution in [0.15, 0.2) is 22.7 Å². The average molecular weight is 286 g/mol. The third kappa shape index (κ3) is 2.01. The van der Waals surface area contributed by atoms with Gasteiger partial charge in [0.25, 0.3) is 5.91 Å². The number of rotatable bonds is 2. The quantitative estimate of drug-likeness (QED) is 0.888. The molecule has 1 aromatic carbocycles. The highest BCUT2D eigenvalue weighted by Gasteiger charge is 2.27. The summed E-state index contributed by atoms with van der Waals surface area (Å²) < 4.78 is 5.96. The van der Waals surface area contributed by atoms with E-state index >= 15 is 0 Å². The van der Waals surface area contributed by atoms with Gasteiger partial charge in [-0.05, 0) is 18.2 Å². The molecule has 6 heteroatoms. The highest BCUT2D eigenvalue weighted by Crippen LogP contribution is 2.34. The zero-order valence-electron chi connectivity index (χ0n) is 8.14. The summed E-state index contributed by atoms with van der Waals surface area (Å²) in [6.07, 6.45) is 0. The minimum atomic E-state index is -1.05. The normalized spacial score (nSPS) is 14.3. The largest absolute Gasteiger partial charge is 0.482 e. The van der Waals surface area contributed by atoms with Gasteiger partial charge >= 0.3 is 5.97 Å². The lowest BCUT2D eigenvalue weighted by Gasteiger charge is -2.28. The van der Waals surface area contributed by atoms with Crippen molar-refractivity contribution in [3.63, 3.8) is 0 Å². The SMILES string of the molecule is O=C(O)CN1C(=O)COc2ccc(Br)cc21. The number of hydrogen-bond acceptors (Lipinski definition) is 3. The standard InChI is InChI=1S/C10H8BrNO4/c11-6-1-2-8-7(3-6)12(4-10(14)15)9(13)5-16-8/h1-3H,4-5H2,(H,14,15). The van der Waals surface area contributed by atoms with Crippen molar-refractivity contribution in [1.82, 2.24) is 0 Å². The number of benzene rings is 1. The van der Waals surface area contributed by atoms with Gasteiger partial charge in [0, 0.05) is 4.47 Å². The van der Waals surface area contributed by atoms with Crippen LogP contribution in [0.1, 0.15) is 0 Å². The maximum atomic E-state index is 11.5. The van der Waals surface area contributed by atoms with E-state index in [2.05, 4.69) is 15.9 Å². The molecule has 5 nitrogen and oxygen atoms in total. The molecule has 0 saturated heterocycles. The zero-order chi connectivity index (χ0) is 11.7. The van der Waals surface area contributed by atoms with Crippen molar-refractivity contribution in [2.75, 3.05) is 18.1 Å². The number of carbonyl (C=O) groups is 2. The molecule has 1 aliphatic rings. The maximum Gasteiger partial charge on any atom is 0.323 e. The van der Waals surface area contributed by atoms with Crippen LogP contribution in [-0.4, -0.2) is 30.1 Å². The van der Waals surface area contributed by atoms with Gasteiger partial charge in [0.15, 0.2) is 6.61 Å². The van der Waals surface area contributed by atoms with E-state index in [4.69, 9.17) is 9.84 Å². The Kier molecular flexibility index (Phi) is 2.82. The molecule has 16 heavy (non-hydrogen) atoms. The van der Waals surface area contributed by atoms with E-state index in [0.717, 1.165) is 4.47 Å². The maximum absolute atomic E-state index is 11.5. The second-order valence-corrected chi connectivity index (χ2v) is 4.19. The van der Waals surface area contributed by atoms with Crippen LogP contribution >= 0.6 is 15.9 Å². The predicted molar refractivity (Wildman–Crippen MR) is 59.6 cm³/mol. The number of fused-ring (bicyclic) bond motifs is 1. The number of amides is 1. The molecule has 1 heterocycles. The Hall–Kier alpha value is -1.56. The fourth-order valence-electron chi connectivity index (χ4n) is 1.48. The number of carboxylic acid groups (broad SMARTS) is 1. The molecular weight excluding hydrogens is 278 g/mol. The third-order valence-electron chi connectivity index (χ3n) is 2.16. The summed E-state index contributed by atoms with van der Waals surface area (Å²) in [7, 11) is 0. The number of aliphatic carboxylic acids is 1. The first-order chi connectivity index (χ1) is 7.58. The number of nitrogens with zero attached hydrogens (tertiary/aromatic N) is 1. The number of halogens is 1. The van der Waals surface area contributed by atoms with Crippen LogP contribution in [0.2, 0.25) is 0 Å². The van der Waals surface area contributed by atoms with E-state index in [-0.39, 0.29) is 19.1 Å². The molecule has 2 rings (SSSR count). The van der Waals surface area contributed by atoms with E-state index in [9.17, 15) is 9.59 Å². The first-order valence-electron chi connectivity index (χ1n) is 4.52. The van der Waals surface area contributed by atoms with Gasteiger partial charge in [-0.2, -0.15) is 0 Å². The summed E-state index contributed by atoms with van der Waals surface area (Å²) in [5.74, 6) is -0.891. The van der Waals surface area contributed by atoms with Gasteiger partial charge in [-0.3, -0.25) is 14.5 Å². The molecule has 0 aromatic heterocycles. The molecule has 0 fully saturated rings. The molecule has 1 aromatic rings. The van der Waals surface area contributed by atoms with Gasteiger partial charge in [0.1, 0.15) is 12.3 Å². The van der Waals surface area contributed by atoms with Crippen LogP contribution in [0.3, 0.4) is 0 Å². The lowest BCUT2D eigenvalue weighted by atomic mass is 10.2. The van der Waals surface area contributed by atoms with E-state index in [1.54, 1.807) is 18.2 Å².